The lowest BCUT2D eigenvalue weighted by molar-refractivity contribution is -0.137. The van der Waals surface area contributed by atoms with Crippen LogP contribution in [0.5, 0.6) is 0 Å². The van der Waals surface area contributed by atoms with Gasteiger partial charge in [-0.2, -0.15) is 18.2 Å². The maximum Gasteiger partial charge on any atom is 0.416 e. The molecule has 136 valence electrons. The number of guanidine groups is 2. The van der Waals surface area contributed by atoms with E-state index in [2.05, 4.69) is 25.9 Å². The molecule has 0 aromatic heterocycles. The van der Waals surface area contributed by atoms with Crippen LogP contribution in [0.3, 0.4) is 0 Å². The summed E-state index contributed by atoms with van der Waals surface area (Å²) in [5.41, 5.74) is 11.4. The third-order valence-electron chi connectivity index (χ3n) is 4.74. The zero-order valence-electron chi connectivity index (χ0n) is 13.7. The Bertz CT molecular complexity index is 751. The van der Waals surface area contributed by atoms with Gasteiger partial charge in [-0.25, -0.2) is 4.99 Å². The van der Waals surface area contributed by atoms with E-state index in [1.807, 2.05) is 0 Å². The third kappa shape index (κ3) is 3.21. The van der Waals surface area contributed by atoms with Crippen LogP contribution < -0.4 is 16.4 Å². The number of nitrogens with two attached hydrogens (primary N) is 2. The Morgan fingerprint density at radius 3 is 2.40 bits per heavy atom. The van der Waals surface area contributed by atoms with Crippen LogP contribution >= 0.6 is 15.9 Å². The average molecular weight is 418 g/mol. The zero-order chi connectivity index (χ0) is 18.4. The minimum absolute atomic E-state index is 0.0688. The van der Waals surface area contributed by atoms with Crippen molar-refractivity contribution in [3.8, 4) is 0 Å². The first-order valence-electron chi connectivity index (χ1n) is 8.01. The molecule has 1 aromatic carbocycles. The van der Waals surface area contributed by atoms with E-state index >= 15 is 0 Å². The van der Waals surface area contributed by atoms with E-state index in [-0.39, 0.29) is 11.9 Å². The van der Waals surface area contributed by atoms with Crippen LogP contribution in [0.25, 0.3) is 0 Å². The van der Waals surface area contributed by atoms with Gasteiger partial charge in [-0.3, -0.25) is 4.90 Å². The molecule has 1 aliphatic heterocycles. The molecular formula is C16H19BrF3N5. The lowest BCUT2D eigenvalue weighted by Crippen LogP contribution is -2.58. The second-order valence-electron chi connectivity index (χ2n) is 6.42. The molecule has 1 spiro atoms. The summed E-state index contributed by atoms with van der Waals surface area (Å²) in [5, 5.41) is 0. The Labute approximate surface area is 152 Å². The molecule has 1 saturated carbocycles. The first-order chi connectivity index (χ1) is 11.6. The summed E-state index contributed by atoms with van der Waals surface area (Å²) in [7, 11) is 0. The van der Waals surface area contributed by atoms with E-state index in [0.29, 0.717) is 28.6 Å². The summed E-state index contributed by atoms with van der Waals surface area (Å²) < 4.78 is 40.2. The van der Waals surface area contributed by atoms with Gasteiger partial charge in [-0.05, 0) is 50.3 Å². The normalized spacial score (nSPS) is 20.4. The molecule has 0 atom stereocenters. The number of rotatable bonds is 1. The van der Waals surface area contributed by atoms with Gasteiger partial charge in [0.2, 0.25) is 11.9 Å². The molecule has 0 bridgehead atoms. The number of aliphatic imine (C=N–C) groups is 2. The third-order valence-corrected chi connectivity index (χ3v) is 5.56. The van der Waals surface area contributed by atoms with E-state index in [1.165, 1.54) is 0 Å². The van der Waals surface area contributed by atoms with Crippen molar-refractivity contribution in [2.45, 2.75) is 50.9 Å². The molecule has 0 saturated heterocycles. The SMILES string of the molecule is Cc1c(Br)cc(C(F)(F)F)cc1N1C(N)=NC(N)=NC12CCCCC2. The average Bonchev–Trinajstić information content (AvgIpc) is 2.50. The van der Waals surface area contributed by atoms with Crippen LogP contribution in [0.2, 0.25) is 0 Å². The molecule has 4 N–H and O–H groups in total. The summed E-state index contributed by atoms with van der Waals surface area (Å²) in [6, 6.07) is 2.18. The van der Waals surface area contributed by atoms with Crippen molar-refractivity contribution < 1.29 is 13.2 Å². The maximum absolute atomic E-state index is 13.3. The fourth-order valence-electron chi connectivity index (χ4n) is 3.53. The number of nitrogens with zero attached hydrogens (tertiary/aromatic N) is 3. The van der Waals surface area contributed by atoms with Gasteiger partial charge >= 0.3 is 6.18 Å². The smallest absolute Gasteiger partial charge is 0.369 e. The molecule has 0 radical (unpaired) electrons. The molecule has 5 nitrogen and oxygen atoms in total. The van der Waals surface area contributed by atoms with Gasteiger partial charge in [0.15, 0.2) is 0 Å². The van der Waals surface area contributed by atoms with Gasteiger partial charge in [0, 0.05) is 4.47 Å². The van der Waals surface area contributed by atoms with Crippen molar-refractivity contribution in [3.05, 3.63) is 27.7 Å². The highest BCUT2D eigenvalue weighted by Crippen LogP contribution is 2.44. The summed E-state index contributed by atoms with van der Waals surface area (Å²) in [6.07, 6.45) is -0.282. The van der Waals surface area contributed by atoms with Crippen LogP contribution in [0.1, 0.15) is 43.2 Å². The molecular weight excluding hydrogens is 399 g/mol. The topological polar surface area (TPSA) is 80.0 Å². The molecule has 3 rings (SSSR count). The lowest BCUT2D eigenvalue weighted by atomic mass is 9.87. The van der Waals surface area contributed by atoms with Crippen molar-refractivity contribution in [2.75, 3.05) is 4.90 Å². The van der Waals surface area contributed by atoms with E-state index in [1.54, 1.807) is 11.8 Å². The van der Waals surface area contributed by atoms with E-state index < -0.39 is 17.4 Å². The highest BCUT2D eigenvalue weighted by Gasteiger charge is 2.44. The van der Waals surface area contributed by atoms with Crippen LogP contribution in [0.4, 0.5) is 18.9 Å². The minimum atomic E-state index is -4.46. The molecule has 9 heteroatoms. The number of alkyl halides is 3. The van der Waals surface area contributed by atoms with E-state index in [0.717, 1.165) is 31.4 Å². The van der Waals surface area contributed by atoms with Gasteiger partial charge in [0.1, 0.15) is 5.66 Å². The van der Waals surface area contributed by atoms with Gasteiger partial charge < -0.3 is 11.5 Å². The van der Waals surface area contributed by atoms with Crippen LogP contribution in [0.15, 0.2) is 26.6 Å². The second kappa shape index (κ2) is 6.19. The molecule has 2 aliphatic rings. The van der Waals surface area contributed by atoms with Crippen molar-refractivity contribution in [2.24, 2.45) is 21.5 Å². The first kappa shape index (κ1) is 18.0. The molecule has 1 heterocycles. The molecule has 25 heavy (non-hydrogen) atoms. The number of hydrogen-bond donors (Lipinski definition) is 2. The van der Waals surface area contributed by atoms with Crippen molar-refractivity contribution in [1.82, 2.24) is 0 Å². The Morgan fingerprint density at radius 2 is 1.80 bits per heavy atom. The quantitative estimate of drug-likeness (QED) is 0.727. The van der Waals surface area contributed by atoms with Gasteiger partial charge in [-0.1, -0.05) is 22.4 Å². The largest absolute Gasteiger partial charge is 0.416 e. The summed E-state index contributed by atoms with van der Waals surface area (Å²) >= 11 is 3.23. The van der Waals surface area contributed by atoms with Crippen molar-refractivity contribution in [1.29, 1.82) is 0 Å². The Kier molecular flexibility index (Phi) is 4.47. The predicted molar refractivity (Wildman–Crippen MR) is 95.4 cm³/mol. The first-order valence-corrected chi connectivity index (χ1v) is 8.80. The zero-order valence-corrected chi connectivity index (χ0v) is 15.3. The van der Waals surface area contributed by atoms with Crippen molar-refractivity contribution >= 4 is 33.5 Å². The Balaban J connectivity index is 2.19. The predicted octanol–water partition coefficient (Wildman–Crippen LogP) is 3.89. The van der Waals surface area contributed by atoms with Crippen LogP contribution in [-0.2, 0) is 6.18 Å². The number of anilines is 1. The van der Waals surface area contributed by atoms with Crippen LogP contribution in [0, 0.1) is 6.92 Å². The van der Waals surface area contributed by atoms with Gasteiger partial charge in [0.25, 0.3) is 0 Å². The van der Waals surface area contributed by atoms with E-state index in [9.17, 15) is 13.2 Å². The summed E-state index contributed by atoms with van der Waals surface area (Å²) in [6.45, 7) is 1.74. The lowest BCUT2D eigenvalue weighted by Gasteiger charge is -2.46. The fraction of sp³-hybridized carbons (Fsp3) is 0.500. The second-order valence-corrected chi connectivity index (χ2v) is 7.27. The molecule has 1 aliphatic carbocycles. The molecule has 1 aromatic rings. The maximum atomic E-state index is 13.3. The number of halogens is 4. The van der Waals surface area contributed by atoms with Crippen LogP contribution in [-0.4, -0.2) is 17.6 Å². The molecule has 1 fully saturated rings. The standard InChI is InChI=1S/C16H19BrF3N5/c1-9-11(17)7-10(16(18,19)20)8-12(9)25-14(22)23-13(21)24-15(25)5-3-2-4-6-15/h7-8H,2-6H2,1H3,(H4,21,22,23,24). The van der Waals surface area contributed by atoms with Gasteiger partial charge in [-0.15, -0.1) is 0 Å². The Hall–Kier alpha value is -1.77. The van der Waals surface area contributed by atoms with E-state index in [4.69, 9.17) is 11.5 Å². The van der Waals surface area contributed by atoms with Crippen molar-refractivity contribution in [3.63, 3.8) is 0 Å². The Morgan fingerprint density at radius 1 is 1.16 bits per heavy atom. The number of benzene rings is 1. The molecule has 0 amide bonds. The number of hydrogen-bond acceptors (Lipinski definition) is 5. The highest BCUT2D eigenvalue weighted by molar-refractivity contribution is 9.10. The molecule has 0 unspecified atom stereocenters. The monoisotopic (exact) mass is 417 g/mol. The fourth-order valence-corrected chi connectivity index (χ4v) is 3.98. The minimum Gasteiger partial charge on any atom is -0.369 e. The highest BCUT2D eigenvalue weighted by atomic mass is 79.9. The summed E-state index contributed by atoms with van der Waals surface area (Å²) in [5.74, 6) is 0.142. The van der Waals surface area contributed by atoms with Gasteiger partial charge in [0.05, 0.1) is 11.3 Å². The summed E-state index contributed by atoms with van der Waals surface area (Å²) in [4.78, 5) is 10.1.